The van der Waals surface area contributed by atoms with Crippen LogP contribution in [0.4, 0.5) is 0 Å². The van der Waals surface area contributed by atoms with Gasteiger partial charge in [-0.25, -0.2) is 4.98 Å². The van der Waals surface area contributed by atoms with Crippen molar-refractivity contribution in [3.63, 3.8) is 0 Å². The van der Waals surface area contributed by atoms with E-state index in [4.69, 9.17) is 0 Å². The number of fused-ring (bicyclic) bond motifs is 1. The van der Waals surface area contributed by atoms with E-state index in [1.807, 2.05) is 13.8 Å². The minimum Gasteiger partial charge on any atom is -0.316 e. The van der Waals surface area contributed by atoms with Crippen molar-refractivity contribution < 1.29 is 0 Å². The lowest BCUT2D eigenvalue weighted by atomic mass is 10.3. The molecule has 0 fully saturated rings. The quantitative estimate of drug-likeness (QED) is 0.638. The molecule has 0 saturated carbocycles. The molecular weight excluding hydrogens is 184 g/mol. The topological polar surface area (TPSA) is 34.9 Å². The Bertz CT molecular complexity index is 524. The van der Waals surface area contributed by atoms with Gasteiger partial charge in [0.2, 0.25) is 0 Å². The molecule has 0 aliphatic carbocycles. The minimum absolute atomic E-state index is 0.0659. The summed E-state index contributed by atoms with van der Waals surface area (Å²) in [6.45, 7) is 3.80. The second-order valence-corrected chi connectivity index (χ2v) is 4.32. The number of hydrogen-bond donors (Lipinski definition) is 0. The van der Waals surface area contributed by atoms with Crippen LogP contribution in [0.5, 0.6) is 0 Å². The maximum Gasteiger partial charge on any atom is 0.254 e. The highest BCUT2D eigenvalue weighted by Crippen LogP contribution is 2.21. The molecule has 2 heterocycles. The SMILES string of the molecule is Cc1nc2cn(C)c(=O)c(C)c2s1. The van der Waals surface area contributed by atoms with Crippen molar-refractivity contribution in [1.82, 2.24) is 9.55 Å². The summed E-state index contributed by atoms with van der Waals surface area (Å²) in [5.41, 5.74) is 1.78. The zero-order chi connectivity index (χ0) is 9.59. The third kappa shape index (κ3) is 1.18. The van der Waals surface area contributed by atoms with Crippen LogP contribution in [0.15, 0.2) is 11.0 Å². The Morgan fingerprint density at radius 3 is 2.85 bits per heavy atom. The molecule has 0 amide bonds. The molecule has 0 aliphatic heterocycles. The van der Waals surface area contributed by atoms with Gasteiger partial charge in [0.1, 0.15) is 0 Å². The molecule has 0 atom stereocenters. The van der Waals surface area contributed by atoms with Gasteiger partial charge in [0, 0.05) is 18.8 Å². The molecule has 2 aromatic rings. The summed E-state index contributed by atoms with van der Waals surface area (Å²) in [6.07, 6.45) is 1.79. The molecule has 0 unspecified atom stereocenters. The van der Waals surface area contributed by atoms with Crippen LogP contribution >= 0.6 is 11.3 Å². The largest absolute Gasteiger partial charge is 0.316 e. The number of pyridine rings is 1. The number of thiazole rings is 1. The number of aryl methyl sites for hydroxylation is 3. The van der Waals surface area contributed by atoms with Gasteiger partial charge < -0.3 is 4.57 Å². The highest BCUT2D eigenvalue weighted by molar-refractivity contribution is 7.18. The molecule has 0 aliphatic rings. The summed E-state index contributed by atoms with van der Waals surface area (Å²) in [4.78, 5) is 15.9. The molecular formula is C9H10N2OS. The van der Waals surface area contributed by atoms with E-state index in [0.29, 0.717) is 0 Å². The molecule has 68 valence electrons. The van der Waals surface area contributed by atoms with Gasteiger partial charge >= 0.3 is 0 Å². The maximum absolute atomic E-state index is 11.5. The van der Waals surface area contributed by atoms with Crippen LogP contribution in [0.1, 0.15) is 10.6 Å². The molecule has 2 aromatic heterocycles. The molecule has 0 aromatic carbocycles. The van der Waals surface area contributed by atoms with Crippen molar-refractivity contribution >= 4 is 21.6 Å². The summed E-state index contributed by atoms with van der Waals surface area (Å²) < 4.78 is 2.59. The van der Waals surface area contributed by atoms with Gasteiger partial charge in [-0.15, -0.1) is 11.3 Å². The van der Waals surface area contributed by atoms with Crippen LogP contribution in [0.2, 0.25) is 0 Å². The Morgan fingerprint density at radius 1 is 1.46 bits per heavy atom. The van der Waals surface area contributed by atoms with Gasteiger partial charge in [-0.3, -0.25) is 4.79 Å². The third-order valence-electron chi connectivity index (χ3n) is 2.06. The van der Waals surface area contributed by atoms with E-state index in [2.05, 4.69) is 4.98 Å². The average molecular weight is 194 g/mol. The van der Waals surface area contributed by atoms with Crippen molar-refractivity contribution in [1.29, 1.82) is 0 Å². The summed E-state index contributed by atoms with van der Waals surface area (Å²) in [6, 6.07) is 0. The van der Waals surface area contributed by atoms with Crippen LogP contribution < -0.4 is 5.56 Å². The summed E-state index contributed by atoms with van der Waals surface area (Å²) in [5.74, 6) is 0. The van der Waals surface area contributed by atoms with Crippen molar-refractivity contribution in [2.24, 2.45) is 7.05 Å². The highest BCUT2D eigenvalue weighted by atomic mass is 32.1. The van der Waals surface area contributed by atoms with Crippen LogP contribution in [0.3, 0.4) is 0 Å². The van der Waals surface area contributed by atoms with Crippen molar-refractivity contribution in [3.8, 4) is 0 Å². The second kappa shape index (κ2) is 2.67. The van der Waals surface area contributed by atoms with Gasteiger partial charge in [-0.05, 0) is 13.8 Å². The van der Waals surface area contributed by atoms with E-state index >= 15 is 0 Å². The standard InChI is InChI=1S/C9H10N2OS/c1-5-8-7(10-6(2)13-8)4-11(3)9(5)12/h4H,1-3H3. The van der Waals surface area contributed by atoms with E-state index in [9.17, 15) is 4.79 Å². The first-order valence-electron chi connectivity index (χ1n) is 4.03. The van der Waals surface area contributed by atoms with Gasteiger partial charge in [0.25, 0.3) is 5.56 Å². The first kappa shape index (κ1) is 8.44. The van der Waals surface area contributed by atoms with Crippen LogP contribution in [0.25, 0.3) is 10.2 Å². The van der Waals surface area contributed by atoms with Crippen LogP contribution in [-0.2, 0) is 7.05 Å². The van der Waals surface area contributed by atoms with Crippen molar-refractivity contribution in [3.05, 3.63) is 27.1 Å². The maximum atomic E-state index is 11.5. The molecule has 0 bridgehead atoms. The van der Waals surface area contributed by atoms with E-state index < -0.39 is 0 Å². The van der Waals surface area contributed by atoms with Gasteiger partial charge in [-0.2, -0.15) is 0 Å². The first-order chi connectivity index (χ1) is 6.09. The molecule has 13 heavy (non-hydrogen) atoms. The fourth-order valence-corrected chi connectivity index (χ4v) is 2.29. The number of nitrogens with zero attached hydrogens (tertiary/aromatic N) is 2. The highest BCUT2D eigenvalue weighted by Gasteiger charge is 2.07. The first-order valence-corrected chi connectivity index (χ1v) is 4.84. The summed E-state index contributed by atoms with van der Waals surface area (Å²) in [7, 11) is 1.75. The molecule has 4 heteroatoms. The van der Waals surface area contributed by atoms with E-state index in [1.54, 1.807) is 29.1 Å². The van der Waals surface area contributed by atoms with Crippen molar-refractivity contribution in [2.75, 3.05) is 0 Å². The number of aromatic nitrogens is 2. The Hall–Kier alpha value is -1.16. The predicted molar refractivity (Wildman–Crippen MR) is 54.3 cm³/mol. The molecule has 0 spiro atoms. The zero-order valence-corrected chi connectivity index (χ0v) is 8.60. The Labute approximate surface area is 79.7 Å². The van der Waals surface area contributed by atoms with E-state index in [0.717, 1.165) is 20.8 Å². The number of hydrogen-bond acceptors (Lipinski definition) is 3. The summed E-state index contributed by atoms with van der Waals surface area (Å²) in [5, 5.41) is 1.00. The Morgan fingerprint density at radius 2 is 2.15 bits per heavy atom. The smallest absolute Gasteiger partial charge is 0.254 e. The van der Waals surface area contributed by atoms with E-state index in [1.165, 1.54) is 0 Å². The fourth-order valence-electron chi connectivity index (χ4n) is 1.40. The molecule has 3 nitrogen and oxygen atoms in total. The normalized spacial score (nSPS) is 11.0. The Kier molecular flexibility index (Phi) is 1.73. The minimum atomic E-state index is 0.0659. The van der Waals surface area contributed by atoms with Crippen LogP contribution in [0, 0.1) is 13.8 Å². The van der Waals surface area contributed by atoms with Crippen LogP contribution in [-0.4, -0.2) is 9.55 Å². The van der Waals surface area contributed by atoms with Gasteiger partial charge in [-0.1, -0.05) is 0 Å². The monoisotopic (exact) mass is 194 g/mol. The van der Waals surface area contributed by atoms with Crippen molar-refractivity contribution in [2.45, 2.75) is 13.8 Å². The third-order valence-corrected chi connectivity index (χ3v) is 3.16. The fraction of sp³-hybridized carbons (Fsp3) is 0.333. The van der Waals surface area contributed by atoms with Gasteiger partial charge in [0.15, 0.2) is 0 Å². The lowest BCUT2D eigenvalue weighted by molar-refractivity contribution is 0.858. The van der Waals surface area contributed by atoms with Gasteiger partial charge in [0.05, 0.1) is 15.2 Å². The average Bonchev–Trinajstić information content (AvgIpc) is 2.42. The second-order valence-electron chi connectivity index (χ2n) is 3.12. The predicted octanol–water partition coefficient (Wildman–Crippen LogP) is 1.61. The molecule has 2 rings (SSSR count). The molecule has 0 N–H and O–H groups in total. The van der Waals surface area contributed by atoms with E-state index in [-0.39, 0.29) is 5.56 Å². The lowest BCUT2D eigenvalue weighted by Crippen LogP contribution is -2.17. The molecule has 0 radical (unpaired) electrons. The lowest BCUT2D eigenvalue weighted by Gasteiger charge is -1.98. The number of rotatable bonds is 0. The molecule has 0 saturated heterocycles. The Balaban J connectivity index is 3.01. The summed E-state index contributed by atoms with van der Waals surface area (Å²) >= 11 is 1.58. The zero-order valence-electron chi connectivity index (χ0n) is 7.79.